The van der Waals surface area contributed by atoms with Crippen molar-refractivity contribution in [3.05, 3.63) is 23.2 Å². The second-order valence-corrected chi connectivity index (χ2v) is 4.92. The van der Waals surface area contributed by atoms with Gasteiger partial charge in [0.1, 0.15) is 11.5 Å². The average molecular weight is 252 g/mol. The summed E-state index contributed by atoms with van der Waals surface area (Å²) in [5, 5.41) is 3.31. The highest BCUT2D eigenvalue weighted by atomic mass is 16.3. The highest BCUT2D eigenvalue weighted by Gasteiger charge is 2.14. The van der Waals surface area contributed by atoms with Crippen LogP contribution in [0.3, 0.4) is 0 Å². The van der Waals surface area contributed by atoms with Crippen LogP contribution in [0.5, 0.6) is 0 Å². The van der Waals surface area contributed by atoms with E-state index in [2.05, 4.69) is 50.9 Å². The third-order valence-electron chi connectivity index (χ3n) is 3.59. The third-order valence-corrected chi connectivity index (χ3v) is 3.59. The lowest BCUT2D eigenvalue weighted by Gasteiger charge is -2.25. The van der Waals surface area contributed by atoms with E-state index < -0.39 is 0 Å². The molecule has 1 heterocycles. The molecule has 0 saturated heterocycles. The molecule has 1 atom stereocenters. The van der Waals surface area contributed by atoms with Crippen molar-refractivity contribution in [2.45, 2.75) is 60.2 Å². The molecule has 18 heavy (non-hydrogen) atoms. The van der Waals surface area contributed by atoms with Crippen LogP contribution in [0.25, 0.3) is 0 Å². The van der Waals surface area contributed by atoms with Crippen molar-refractivity contribution in [2.24, 2.45) is 0 Å². The molecule has 1 unspecified atom stereocenters. The summed E-state index contributed by atoms with van der Waals surface area (Å²) in [7, 11) is 0. The molecule has 0 aliphatic carbocycles. The molecule has 0 spiro atoms. The molecule has 3 nitrogen and oxygen atoms in total. The van der Waals surface area contributed by atoms with Gasteiger partial charge in [-0.2, -0.15) is 0 Å². The van der Waals surface area contributed by atoms with E-state index in [9.17, 15) is 0 Å². The van der Waals surface area contributed by atoms with Crippen LogP contribution >= 0.6 is 0 Å². The minimum atomic E-state index is 0.609. The predicted octanol–water partition coefficient (Wildman–Crippen LogP) is 3.32. The molecule has 3 heteroatoms. The van der Waals surface area contributed by atoms with E-state index >= 15 is 0 Å². The van der Waals surface area contributed by atoms with Gasteiger partial charge in [0, 0.05) is 6.04 Å². The lowest BCUT2D eigenvalue weighted by atomic mass is 10.2. The molecule has 0 saturated carbocycles. The zero-order valence-electron chi connectivity index (χ0n) is 12.5. The van der Waals surface area contributed by atoms with Crippen molar-refractivity contribution in [1.29, 1.82) is 0 Å². The van der Waals surface area contributed by atoms with Crippen LogP contribution in [0.4, 0.5) is 0 Å². The van der Waals surface area contributed by atoms with Crippen molar-refractivity contribution in [1.82, 2.24) is 10.2 Å². The largest absolute Gasteiger partial charge is 0.463 e. The quantitative estimate of drug-likeness (QED) is 0.769. The first kappa shape index (κ1) is 15.3. The second-order valence-electron chi connectivity index (χ2n) is 4.92. The molecule has 0 bridgehead atoms. The zero-order valence-corrected chi connectivity index (χ0v) is 12.5. The lowest BCUT2D eigenvalue weighted by Crippen LogP contribution is -2.31. The van der Waals surface area contributed by atoms with Gasteiger partial charge < -0.3 is 9.73 Å². The van der Waals surface area contributed by atoms with Gasteiger partial charge in [-0.25, -0.2) is 0 Å². The van der Waals surface area contributed by atoms with E-state index in [1.165, 1.54) is 12.0 Å². The van der Waals surface area contributed by atoms with Crippen molar-refractivity contribution < 1.29 is 4.42 Å². The summed E-state index contributed by atoms with van der Waals surface area (Å²) in [6.45, 7) is 14.7. The smallest absolute Gasteiger partial charge is 0.120 e. The van der Waals surface area contributed by atoms with Gasteiger partial charge >= 0.3 is 0 Å². The number of hydrogen-bond donors (Lipinski definition) is 1. The first-order chi connectivity index (χ1) is 8.62. The molecule has 1 aromatic heterocycles. The van der Waals surface area contributed by atoms with Crippen molar-refractivity contribution in [3.8, 4) is 0 Å². The van der Waals surface area contributed by atoms with Crippen LogP contribution in [0.2, 0.25) is 0 Å². The molecule has 0 fully saturated rings. The third kappa shape index (κ3) is 4.14. The zero-order chi connectivity index (χ0) is 13.5. The highest BCUT2D eigenvalue weighted by molar-refractivity contribution is 5.20. The Morgan fingerprint density at radius 2 is 2.06 bits per heavy atom. The van der Waals surface area contributed by atoms with Crippen molar-refractivity contribution in [3.63, 3.8) is 0 Å². The van der Waals surface area contributed by atoms with E-state index in [1.807, 2.05) is 0 Å². The summed E-state index contributed by atoms with van der Waals surface area (Å²) in [5.41, 5.74) is 1.26. The average Bonchev–Trinajstić information content (AvgIpc) is 2.72. The maximum atomic E-state index is 5.94. The number of aryl methyl sites for hydroxylation is 1. The second kappa shape index (κ2) is 7.59. The Labute approximate surface area is 112 Å². The van der Waals surface area contributed by atoms with Crippen LogP contribution in [0, 0.1) is 6.92 Å². The van der Waals surface area contributed by atoms with Gasteiger partial charge in [-0.05, 0) is 45.0 Å². The summed E-state index contributed by atoms with van der Waals surface area (Å²) in [4.78, 5) is 2.45. The fraction of sp³-hybridized carbons (Fsp3) is 0.733. The molecule has 0 amide bonds. The Morgan fingerprint density at radius 1 is 1.33 bits per heavy atom. The van der Waals surface area contributed by atoms with E-state index in [0.717, 1.165) is 37.7 Å². The first-order valence-corrected chi connectivity index (χ1v) is 7.15. The SMILES string of the molecule is CCNCc1oc(CN(CC)C(C)CC)cc1C. The Balaban J connectivity index is 2.66. The van der Waals surface area contributed by atoms with E-state index in [-0.39, 0.29) is 0 Å². The lowest BCUT2D eigenvalue weighted by molar-refractivity contribution is 0.189. The Morgan fingerprint density at radius 3 is 2.61 bits per heavy atom. The van der Waals surface area contributed by atoms with Crippen LogP contribution < -0.4 is 5.32 Å². The maximum absolute atomic E-state index is 5.94. The van der Waals surface area contributed by atoms with Crippen molar-refractivity contribution in [2.75, 3.05) is 13.1 Å². The number of nitrogens with one attached hydrogen (secondary N) is 1. The molecule has 1 aromatic rings. The maximum Gasteiger partial charge on any atom is 0.120 e. The Hall–Kier alpha value is -0.800. The fourth-order valence-electron chi connectivity index (χ4n) is 2.12. The molecule has 0 radical (unpaired) electrons. The molecular formula is C15H28N2O. The van der Waals surface area contributed by atoms with Gasteiger partial charge in [-0.3, -0.25) is 4.90 Å². The minimum absolute atomic E-state index is 0.609. The van der Waals surface area contributed by atoms with Crippen LogP contribution in [-0.4, -0.2) is 24.0 Å². The van der Waals surface area contributed by atoms with Gasteiger partial charge in [0.05, 0.1) is 13.1 Å². The standard InChI is InChI=1S/C15H28N2O/c1-6-13(5)17(8-3)11-14-9-12(4)15(18-14)10-16-7-2/h9,13,16H,6-8,10-11H2,1-5H3. The predicted molar refractivity (Wildman–Crippen MR) is 76.7 cm³/mol. The molecule has 0 aromatic carbocycles. The van der Waals surface area contributed by atoms with Gasteiger partial charge in [-0.1, -0.05) is 20.8 Å². The molecule has 0 aliphatic heterocycles. The number of nitrogens with zero attached hydrogens (tertiary/aromatic N) is 1. The van der Waals surface area contributed by atoms with Crippen LogP contribution in [0.1, 0.15) is 51.2 Å². The fourth-order valence-corrected chi connectivity index (χ4v) is 2.12. The summed E-state index contributed by atoms with van der Waals surface area (Å²) in [5.74, 6) is 2.16. The summed E-state index contributed by atoms with van der Waals surface area (Å²) < 4.78 is 5.94. The normalized spacial score (nSPS) is 13.2. The van der Waals surface area contributed by atoms with Crippen molar-refractivity contribution >= 4 is 0 Å². The first-order valence-electron chi connectivity index (χ1n) is 7.15. The number of furan rings is 1. The molecular weight excluding hydrogens is 224 g/mol. The highest BCUT2D eigenvalue weighted by Crippen LogP contribution is 2.17. The minimum Gasteiger partial charge on any atom is -0.463 e. The van der Waals surface area contributed by atoms with E-state index in [0.29, 0.717) is 6.04 Å². The summed E-state index contributed by atoms with van der Waals surface area (Å²) >= 11 is 0. The number of hydrogen-bond acceptors (Lipinski definition) is 3. The Kier molecular flexibility index (Phi) is 6.44. The van der Waals surface area contributed by atoms with Crippen LogP contribution in [0.15, 0.2) is 10.5 Å². The van der Waals surface area contributed by atoms with E-state index in [4.69, 9.17) is 4.42 Å². The number of rotatable bonds is 8. The molecule has 1 rings (SSSR count). The summed E-state index contributed by atoms with van der Waals surface area (Å²) in [6.07, 6.45) is 1.18. The van der Waals surface area contributed by atoms with Crippen LogP contribution in [-0.2, 0) is 13.1 Å². The summed E-state index contributed by atoms with van der Waals surface area (Å²) in [6, 6.07) is 2.79. The van der Waals surface area contributed by atoms with E-state index in [1.54, 1.807) is 0 Å². The molecule has 1 N–H and O–H groups in total. The monoisotopic (exact) mass is 252 g/mol. The van der Waals surface area contributed by atoms with Gasteiger partial charge in [0.25, 0.3) is 0 Å². The van der Waals surface area contributed by atoms with Gasteiger partial charge in [0.15, 0.2) is 0 Å². The molecule has 0 aliphatic rings. The topological polar surface area (TPSA) is 28.4 Å². The molecule has 104 valence electrons. The van der Waals surface area contributed by atoms with Gasteiger partial charge in [-0.15, -0.1) is 0 Å². The van der Waals surface area contributed by atoms with Gasteiger partial charge in [0.2, 0.25) is 0 Å². The Bertz CT molecular complexity index is 346.